The third-order valence-electron chi connectivity index (χ3n) is 6.38. The molecule has 4 rings (SSSR count). The summed E-state index contributed by atoms with van der Waals surface area (Å²) in [6, 6.07) is 15.5. The van der Waals surface area contributed by atoms with E-state index in [4.69, 9.17) is 4.74 Å². The molecule has 0 bridgehead atoms. The van der Waals surface area contributed by atoms with Gasteiger partial charge in [0.15, 0.2) is 0 Å². The number of aliphatic carboxylic acids is 1. The SMILES string of the molecule is C[C@H](CC(=O)N[C@@H]1CCC[C@@H]1C(=O)O)NC(=O)OCC1c2ccccc2-c2ccccc21. The molecule has 3 N–H and O–H groups in total. The van der Waals surface area contributed by atoms with Crippen molar-refractivity contribution in [3.8, 4) is 11.1 Å². The molecule has 2 amide bonds. The van der Waals surface area contributed by atoms with E-state index < -0.39 is 24.0 Å². The fraction of sp³-hybridized carbons (Fsp3) is 0.400. The van der Waals surface area contributed by atoms with E-state index in [2.05, 4.69) is 34.9 Å². The molecule has 1 fully saturated rings. The maximum Gasteiger partial charge on any atom is 0.407 e. The summed E-state index contributed by atoms with van der Waals surface area (Å²) in [7, 11) is 0. The van der Waals surface area contributed by atoms with E-state index >= 15 is 0 Å². The Morgan fingerprint density at radius 1 is 1.03 bits per heavy atom. The van der Waals surface area contributed by atoms with E-state index in [9.17, 15) is 19.5 Å². The van der Waals surface area contributed by atoms with Crippen LogP contribution in [0.25, 0.3) is 11.1 Å². The topological polar surface area (TPSA) is 105 Å². The lowest BCUT2D eigenvalue weighted by molar-refractivity contribution is -0.142. The average Bonchev–Trinajstić information content (AvgIpc) is 3.34. The molecule has 2 aromatic carbocycles. The molecular formula is C25H28N2O5. The molecular weight excluding hydrogens is 408 g/mol. The quantitative estimate of drug-likeness (QED) is 0.614. The number of hydrogen-bond donors (Lipinski definition) is 3. The molecule has 168 valence electrons. The molecule has 32 heavy (non-hydrogen) atoms. The molecule has 0 unspecified atom stereocenters. The summed E-state index contributed by atoms with van der Waals surface area (Å²) in [6.45, 7) is 1.94. The van der Waals surface area contributed by atoms with E-state index in [1.807, 2.05) is 24.3 Å². The van der Waals surface area contributed by atoms with E-state index in [0.29, 0.717) is 12.8 Å². The maximum absolute atomic E-state index is 12.4. The third-order valence-corrected chi connectivity index (χ3v) is 6.38. The number of rotatable bonds is 7. The van der Waals surface area contributed by atoms with Crippen LogP contribution >= 0.6 is 0 Å². The van der Waals surface area contributed by atoms with E-state index in [-0.39, 0.29) is 30.9 Å². The van der Waals surface area contributed by atoms with Crippen LogP contribution in [0, 0.1) is 5.92 Å². The Balaban J connectivity index is 1.28. The lowest BCUT2D eigenvalue weighted by atomic mass is 9.98. The highest BCUT2D eigenvalue weighted by Crippen LogP contribution is 2.44. The molecule has 2 aliphatic carbocycles. The van der Waals surface area contributed by atoms with Gasteiger partial charge in [0.25, 0.3) is 0 Å². The van der Waals surface area contributed by atoms with Crippen molar-refractivity contribution in [3.63, 3.8) is 0 Å². The summed E-state index contributed by atoms with van der Waals surface area (Å²) < 4.78 is 5.51. The molecule has 7 heteroatoms. The van der Waals surface area contributed by atoms with Gasteiger partial charge in [0, 0.05) is 24.4 Å². The summed E-state index contributed by atoms with van der Waals surface area (Å²) in [6.07, 6.45) is 1.52. The van der Waals surface area contributed by atoms with Crippen LogP contribution in [-0.4, -0.2) is 41.8 Å². The first kappa shape index (κ1) is 21.9. The van der Waals surface area contributed by atoms with Crippen molar-refractivity contribution < 1.29 is 24.2 Å². The second-order valence-corrected chi connectivity index (χ2v) is 8.62. The number of carboxylic acids is 1. The Kier molecular flexibility index (Phi) is 6.44. The van der Waals surface area contributed by atoms with Gasteiger partial charge in [0.05, 0.1) is 5.92 Å². The lowest BCUT2D eigenvalue weighted by Gasteiger charge is -2.20. The first-order chi connectivity index (χ1) is 15.4. The number of benzene rings is 2. The molecule has 0 aromatic heterocycles. The highest BCUT2D eigenvalue weighted by atomic mass is 16.5. The van der Waals surface area contributed by atoms with Gasteiger partial charge in [-0.3, -0.25) is 9.59 Å². The van der Waals surface area contributed by atoms with Crippen molar-refractivity contribution in [1.29, 1.82) is 0 Å². The minimum absolute atomic E-state index is 0.0259. The Labute approximate surface area is 187 Å². The number of hydrogen-bond acceptors (Lipinski definition) is 4. The number of carbonyl (C=O) groups is 3. The molecule has 2 aromatic rings. The van der Waals surface area contributed by atoms with Gasteiger partial charge < -0.3 is 20.5 Å². The van der Waals surface area contributed by atoms with Crippen LogP contribution in [0.1, 0.15) is 49.7 Å². The number of amides is 2. The molecule has 0 aliphatic heterocycles. The van der Waals surface area contributed by atoms with E-state index in [0.717, 1.165) is 28.7 Å². The van der Waals surface area contributed by atoms with Crippen LogP contribution in [-0.2, 0) is 14.3 Å². The Hall–Kier alpha value is -3.35. The van der Waals surface area contributed by atoms with Crippen molar-refractivity contribution in [3.05, 3.63) is 59.7 Å². The summed E-state index contributed by atoms with van der Waals surface area (Å²) >= 11 is 0. The highest BCUT2D eigenvalue weighted by Gasteiger charge is 2.34. The number of carboxylic acid groups (broad SMARTS) is 1. The van der Waals surface area contributed by atoms with Crippen LogP contribution in [0.2, 0.25) is 0 Å². The predicted octanol–water partition coefficient (Wildman–Crippen LogP) is 3.67. The monoisotopic (exact) mass is 436 g/mol. The van der Waals surface area contributed by atoms with Gasteiger partial charge in [-0.05, 0) is 42.0 Å². The molecule has 3 atom stereocenters. The number of fused-ring (bicyclic) bond motifs is 3. The van der Waals surface area contributed by atoms with Crippen molar-refractivity contribution in [2.45, 2.75) is 50.6 Å². The lowest BCUT2D eigenvalue weighted by Crippen LogP contribution is -2.43. The Morgan fingerprint density at radius 2 is 1.66 bits per heavy atom. The first-order valence-corrected chi connectivity index (χ1v) is 11.1. The minimum atomic E-state index is -0.877. The van der Waals surface area contributed by atoms with E-state index in [1.54, 1.807) is 6.92 Å². The molecule has 0 saturated heterocycles. The molecule has 2 aliphatic rings. The predicted molar refractivity (Wildman–Crippen MR) is 119 cm³/mol. The first-order valence-electron chi connectivity index (χ1n) is 11.1. The maximum atomic E-state index is 12.4. The van der Waals surface area contributed by atoms with Crippen molar-refractivity contribution in [2.24, 2.45) is 5.92 Å². The fourth-order valence-electron chi connectivity index (χ4n) is 4.86. The van der Waals surface area contributed by atoms with Crippen LogP contribution in [0.4, 0.5) is 4.79 Å². The standard InChI is InChI=1S/C25H28N2O5/c1-15(13-23(28)27-22-12-6-11-20(22)24(29)30)26-25(31)32-14-21-18-9-4-2-7-16(18)17-8-3-5-10-19(17)21/h2-5,7-10,15,20-22H,6,11-14H2,1H3,(H,26,31)(H,27,28)(H,29,30)/t15-,20+,22-/m1/s1. The molecule has 1 saturated carbocycles. The van der Waals surface area contributed by atoms with Crippen LogP contribution < -0.4 is 10.6 Å². The molecule has 0 radical (unpaired) electrons. The second-order valence-electron chi connectivity index (χ2n) is 8.62. The Bertz CT molecular complexity index is 975. The van der Waals surface area contributed by atoms with Gasteiger partial charge in [-0.2, -0.15) is 0 Å². The number of alkyl carbamates (subject to hydrolysis) is 1. The van der Waals surface area contributed by atoms with Crippen LogP contribution in [0.5, 0.6) is 0 Å². The van der Waals surface area contributed by atoms with Gasteiger partial charge >= 0.3 is 12.1 Å². The van der Waals surface area contributed by atoms with Gasteiger partial charge in [0.2, 0.25) is 5.91 Å². The third kappa shape index (κ3) is 4.61. The summed E-state index contributed by atoms with van der Waals surface area (Å²) in [5, 5.41) is 14.7. The van der Waals surface area contributed by atoms with Gasteiger partial charge in [-0.1, -0.05) is 55.0 Å². The molecule has 0 spiro atoms. The Morgan fingerprint density at radius 3 is 2.28 bits per heavy atom. The minimum Gasteiger partial charge on any atom is -0.481 e. The number of nitrogens with one attached hydrogen (secondary N) is 2. The summed E-state index contributed by atoms with van der Waals surface area (Å²) in [5.74, 6) is -1.71. The van der Waals surface area contributed by atoms with E-state index in [1.165, 1.54) is 0 Å². The van der Waals surface area contributed by atoms with Gasteiger partial charge in [-0.15, -0.1) is 0 Å². The van der Waals surface area contributed by atoms with Gasteiger partial charge in [-0.25, -0.2) is 4.79 Å². The summed E-state index contributed by atoms with van der Waals surface area (Å²) in [5.41, 5.74) is 4.60. The smallest absolute Gasteiger partial charge is 0.407 e. The zero-order valence-electron chi connectivity index (χ0n) is 18.0. The number of ether oxygens (including phenoxy) is 1. The normalized spacial score (nSPS) is 20.2. The van der Waals surface area contributed by atoms with Crippen molar-refractivity contribution in [2.75, 3.05) is 6.61 Å². The zero-order valence-corrected chi connectivity index (χ0v) is 18.0. The fourth-order valence-corrected chi connectivity index (χ4v) is 4.86. The average molecular weight is 437 g/mol. The number of carbonyl (C=O) groups excluding carboxylic acids is 2. The molecule has 7 nitrogen and oxygen atoms in total. The largest absolute Gasteiger partial charge is 0.481 e. The highest BCUT2D eigenvalue weighted by molar-refractivity contribution is 5.80. The van der Waals surface area contributed by atoms with Crippen molar-refractivity contribution in [1.82, 2.24) is 10.6 Å². The second kappa shape index (κ2) is 9.42. The van der Waals surface area contributed by atoms with Crippen molar-refractivity contribution >= 4 is 18.0 Å². The molecule has 0 heterocycles. The van der Waals surface area contributed by atoms with Crippen LogP contribution in [0.3, 0.4) is 0 Å². The van der Waals surface area contributed by atoms with Gasteiger partial charge in [0.1, 0.15) is 6.61 Å². The van der Waals surface area contributed by atoms with Crippen LogP contribution in [0.15, 0.2) is 48.5 Å². The zero-order chi connectivity index (χ0) is 22.7. The summed E-state index contributed by atoms with van der Waals surface area (Å²) in [4.78, 5) is 35.9.